The first-order valence-corrected chi connectivity index (χ1v) is 7.30. The van der Waals surface area contributed by atoms with Crippen LogP contribution in [0.4, 0.5) is 5.13 Å². The van der Waals surface area contributed by atoms with Gasteiger partial charge in [-0.1, -0.05) is 0 Å². The van der Waals surface area contributed by atoms with Gasteiger partial charge in [0.1, 0.15) is 0 Å². The maximum atomic E-state index is 12.3. The summed E-state index contributed by atoms with van der Waals surface area (Å²) in [5, 5.41) is 6.02. The molecule has 0 fully saturated rings. The van der Waals surface area contributed by atoms with Gasteiger partial charge in [-0.05, 0) is 39.8 Å². The SMILES string of the molecule is CC(C)Nc1nc(-c2cccn(C(C)C)c2=O)cs1. The molecule has 2 aromatic rings. The molecule has 5 heteroatoms. The Hall–Kier alpha value is -1.62. The quantitative estimate of drug-likeness (QED) is 0.932. The van der Waals surface area contributed by atoms with Crippen molar-refractivity contribution in [3.8, 4) is 11.3 Å². The van der Waals surface area contributed by atoms with E-state index in [9.17, 15) is 4.79 Å². The molecule has 0 aromatic carbocycles. The van der Waals surface area contributed by atoms with Crippen molar-refractivity contribution < 1.29 is 0 Å². The summed E-state index contributed by atoms with van der Waals surface area (Å²) >= 11 is 1.53. The summed E-state index contributed by atoms with van der Waals surface area (Å²) in [4.78, 5) is 16.8. The molecule has 0 bridgehead atoms. The zero-order chi connectivity index (χ0) is 14.0. The van der Waals surface area contributed by atoms with Crippen molar-refractivity contribution in [1.29, 1.82) is 0 Å². The van der Waals surface area contributed by atoms with E-state index >= 15 is 0 Å². The minimum Gasteiger partial charge on any atom is -0.359 e. The molecule has 1 N–H and O–H groups in total. The highest BCUT2D eigenvalue weighted by Crippen LogP contribution is 2.23. The van der Waals surface area contributed by atoms with Gasteiger partial charge in [0.15, 0.2) is 5.13 Å². The third-order valence-electron chi connectivity index (χ3n) is 2.72. The molecule has 0 aliphatic heterocycles. The lowest BCUT2D eigenvalue weighted by atomic mass is 10.2. The predicted molar refractivity (Wildman–Crippen MR) is 81.0 cm³/mol. The zero-order valence-corrected chi connectivity index (χ0v) is 12.5. The van der Waals surface area contributed by atoms with Gasteiger partial charge >= 0.3 is 0 Å². The fraction of sp³-hybridized carbons (Fsp3) is 0.429. The number of thiazole rings is 1. The van der Waals surface area contributed by atoms with Gasteiger partial charge in [0, 0.05) is 23.7 Å². The summed E-state index contributed by atoms with van der Waals surface area (Å²) < 4.78 is 1.73. The summed E-state index contributed by atoms with van der Waals surface area (Å²) in [7, 11) is 0. The Balaban J connectivity index is 2.40. The number of nitrogens with zero attached hydrogens (tertiary/aromatic N) is 2. The molecule has 0 saturated heterocycles. The van der Waals surface area contributed by atoms with Crippen LogP contribution in [-0.2, 0) is 0 Å². The first kappa shape index (κ1) is 13.8. The lowest BCUT2D eigenvalue weighted by molar-refractivity contribution is 0.579. The topological polar surface area (TPSA) is 46.9 Å². The number of nitrogens with one attached hydrogen (secondary N) is 1. The van der Waals surface area contributed by atoms with E-state index in [0.29, 0.717) is 11.6 Å². The van der Waals surface area contributed by atoms with E-state index < -0.39 is 0 Å². The zero-order valence-electron chi connectivity index (χ0n) is 11.7. The van der Waals surface area contributed by atoms with Crippen molar-refractivity contribution in [2.75, 3.05) is 5.32 Å². The van der Waals surface area contributed by atoms with Gasteiger partial charge in [-0.3, -0.25) is 4.79 Å². The molecule has 2 aromatic heterocycles. The van der Waals surface area contributed by atoms with E-state index in [0.717, 1.165) is 10.8 Å². The van der Waals surface area contributed by atoms with Crippen LogP contribution in [0, 0.1) is 0 Å². The molecular formula is C14H19N3OS. The van der Waals surface area contributed by atoms with E-state index in [1.807, 2.05) is 37.6 Å². The molecule has 0 saturated carbocycles. The Bertz CT molecular complexity index is 613. The Morgan fingerprint density at radius 3 is 2.68 bits per heavy atom. The van der Waals surface area contributed by atoms with Crippen LogP contribution in [0.25, 0.3) is 11.3 Å². The molecule has 102 valence electrons. The van der Waals surface area contributed by atoms with E-state index in [1.165, 1.54) is 11.3 Å². The Morgan fingerprint density at radius 2 is 2.05 bits per heavy atom. The smallest absolute Gasteiger partial charge is 0.260 e. The molecule has 0 unspecified atom stereocenters. The average Bonchev–Trinajstić information content (AvgIpc) is 2.76. The van der Waals surface area contributed by atoms with Gasteiger partial charge in [-0.25, -0.2) is 4.98 Å². The average molecular weight is 277 g/mol. The molecule has 2 heterocycles. The lowest BCUT2D eigenvalue weighted by Gasteiger charge is -2.10. The van der Waals surface area contributed by atoms with Gasteiger partial charge in [0.25, 0.3) is 5.56 Å². The van der Waals surface area contributed by atoms with Crippen molar-refractivity contribution in [1.82, 2.24) is 9.55 Å². The van der Waals surface area contributed by atoms with E-state index in [-0.39, 0.29) is 11.6 Å². The number of hydrogen-bond donors (Lipinski definition) is 1. The second kappa shape index (κ2) is 5.57. The van der Waals surface area contributed by atoms with Crippen LogP contribution in [-0.4, -0.2) is 15.6 Å². The van der Waals surface area contributed by atoms with Crippen LogP contribution in [0.3, 0.4) is 0 Å². The van der Waals surface area contributed by atoms with Gasteiger partial charge < -0.3 is 9.88 Å². The molecule has 0 radical (unpaired) electrons. The van der Waals surface area contributed by atoms with Crippen molar-refractivity contribution in [3.63, 3.8) is 0 Å². The largest absolute Gasteiger partial charge is 0.359 e. The molecule has 0 aliphatic carbocycles. The maximum absolute atomic E-state index is 12.3. The molecule has 0 aliphatic rings. The van der Waals surface area contributed by atoms with Gasteiger partial charge in [0.05, 0.1) is 11.3 Å². The van der Waals surface area contributed by atoms with Crippen LogP contribution in [0.15, 0.2) is 28.5 Å². The summed E-state index contributed by atoms with van der Waals surface area (Å²) in [6, 6.07) is 4.21. The van der Waals surface area contributed by atoms with Gasteiger partial charge in [0.2, 0.25) is 0 Å². The first-order valence-electron chi connectivity index (χ1n) is 6.42. The van der Waals surface area contributed by atoms with Crippen molar-refractivity contribution in [2.24, 2.45) is 0 Å². The Labute approximate surface area is 117 Å². The molecule has 0 atom stereocenters. The summed E-state index contributed by atoms with van der Waals surface area (Å²) in [5.41, 5.74) is 1.41. The number of aromatic nitrogens is 2. The lowest BCUT2D eigenvalue weighted by Crippen LogP contribution is -2.22. The normalized spacial score (nSPS) is 11.3. The Kier molecular flexibility index (Phi) is 4.04. The van der Waals surface area contributed by atoms with Gasteiger partial charge in [-0.2, -0.15) is 0 Å². The van der Waals surface area contributed by atoms with Crippen LogP contribution < -0.4 is 10.9 Å². The second-order valence-electron chi connectivity index (χ2n) is 5.06. The summed E-state index contributed by atoms with van der Waals surface area (Å²) in [6.45, 7) is 8.13. The monoisotopic (exact) mass is 277 g/mol. The molecule has 4 nitrogen and oxygen atoms in total. The van der Waals surface area contributed by atoms with E-state index in [4.69, 9.17) is 0 Å². The van der Waals surface area contributed by atoms with Crippen LogP contribution in [0.5, 0.6) is 0 Å². The Morgan fingerprint density at radius 1 is 1.32 bits per heavy atom. The molecule has 19 heavy (non-hydrogen) atoms. The molecule has 0 amide bonds. The minimum absolute atomic E-state index is 0.0129. The van der Waals surface area contributed by atoms with Crippen LogP contribution in [0.1, 0.15) is 33.7 Å². The number of anilines is 1. The molecule has 2 rings (SSSR count). The maximum Gasteiger partial charge on any atom is 0.260 e. The molecular weight excluding hydrogens is 258 g/mol. The highest BCUT2D eigenvalue weighted by molar-refractivity contribution is 7.14. The van der Waals surface area contributed by atoms with E-state index in [2.05, 4.69) is 24.1 Å². The molecule has 0 spiro atoms. The first-order chi connectivity index (χ1) is 8.99. The minimum atomic E-state index is 0.0129. The fourth-order valence-electron chi connectivity index (χ4n) is 1.82. The van der Waals surface area contributed by atoms with Crippen molar-refractivity contribution in [2.45, 2.75) is 39.8 Å². The fourth-order valence-corrected chi connectivity index (χ4v) is 2.68. The summed E-state index contributed by atoms with van der Waals surface area (Å²) in [6.07, 6.45) is 1.82. The number of pyridine rings is 1. The van der Waals surface area contributed by atoms with Crippen molar-refractivity contribution in [3.05, 3.63) is 34.1 Å². The third kappa shape index (κ3) is 3.04. The highest BCUT2D eigenvalue weighted by Gasteiger charge is 2.11. The second-order valence-corrected chi connectivity index (χ2v) is 5.92. The van der Waals surface area contributed by atoms with Crippen LogP contribution in [0.2, 0.25) is 0 Å². The predicted octanol–water partition coefficient (Wildman–Crippen LogP) is 3.37. The van der Waals surface area contributed by atoms with E-state index in [1.54, 1.807) is 4.57 Å². The van der Waals surface area contributed by atoms with Crippen molar-refractivity contribution >= 4 is 16.5 Å². The number of hydrogen-bond acceptors (Lipinski definition) is 4. The summed E-state index contributed by atoms with van der Waals surface area (Å²) in [5.74, 6) is 0. The van der Waals surface area contributed by atoms with Crippen LogP contribution >= 0.6 is 11.3 Å². The standard InChI is InChI=1S/C14H19N3OS/c1-9(2)15-14-16-12(8-19-14)11-6-5-7-17(10(3)4)13(11)18/h5-10H,1-4H3,(H,15,16). The third-order valence-corrected chi connectivity index (χ3v) is 3.50. The highest BCUT2D eigenvalue weighted by atomic mass is 32.1. The number of rotatable bonds is 4. The van der Waals surface area contributed by atoms with Gasteiger partial charge in [-0.15, -0.1) is 11.3 Å².